The predicted octanol–water partition coefficient (Wildman–Crippen LogP) is 3.26. The van der Waals surface area contributed by atoms with Crippen LogP contribution in [-0.4, -0.2) is 37.0 Å². The number of aromatic nitrogens is 1. The van der Waals surface area contributed by atoms with Gasteiger partial charge < -0.3 is 0 Å². The number of nitrogens with one attached hydrogen (secondary N) is 1. The molecule has 2 heterocycles. The topological polar surface area (TPSA) is 74.7 Å². The van der Waals surface area contributed by atoms with Crippen molar-refractivity contribution in [2.75, 3.05) is 18.5 Å². The van der Waals surface area contributed by atoms with Crippen molar-refractivity contribution in [1.82, 2.24) is 9.29 Å². The quantitative estimate of drug-likeness (QED) is 0.624. The van der Waals surface area contributed by atoms with Gasteiger partial charge in [0.1, 0.15) is 10.7 Å². The van der Waals surface area contributed by atoms with E-state index >= 15 is 0 Å². The summed E-state index contributed by atoms with van der Waals surface area (Å²) >= 11 is 0. The van der Waals surface area contributed by atoms with Gasteiger partial charge in [0.05, 0.1) is 6.21 Å². The molecule has 0 aliphatic carbocycles. The normalized spacial score (nSPS) is 16.0. The van der Waals surface area contributed by atoms with Crippen LogP contribution in [0.1, 0.15) is 37.3 Å². The molecule has 1 fully saturated rings. The molecule has 138 valence electrons. The molecule has 2 aromatic rings. The number of hydrazone groups is 1. The summed E-state index contributed by atoms with van der Waals surface area (Å²) in [6, 6.07) is 11.4. The maximum Gasteiger partial charge on any atom is 0.244 e. The Morgan fingerprint density at radius 2 is 1.85 bits per heavy atom. The lowest BCUT2D eigenvalue weighted by Crippen LogP contribution is -2.35. The zero-order valence-electron chi connectivity index (χ0n) is 14.9. The molecular formula is C19H24N4O2S. The van der Waals surface area contributed by atoms with E-state index in [1.807, 2.05) is 12.1 Å². The molecule has 0 amide bonds. The molecule has 0 saturated carbocycles. The lowest BCUT2D eigenvalue weighted by atomic mass is 10.1. The van der Waals surface area contributed by atoms with Gasteiger partial charge in [-0.1, -0.05) is 37.6 Å². The highest BCUT2D eigenvalue weighted by atomic mass is 32.2. The minimum absolute atomic E-state index is 0.226. The number of sulfonamides is 1. The van der Waals surface area contributed by atoms with Crippen LogP contribution in [-0.2, 0) is 16.4 Å². The van der Waals surface area contributed by atoms with Crippen LogP contribution < -0.4 is 5.43 Å². The van der Waals surface area contributed by atoms with E-state index in [-0.39, 0.29) is 4.90 Å². The number of piperidine rings is 1. The Bertz CT molecular complexity index is 840. The largest absolute Gasteiger partial charge is 0.261 e. The van der Waals surface area contributed by atoms with Gasteiger partial charge in [0.2, 0.25) is 10.0 Å². The maximum absolute atomic E-state index is 12.6. The average Bonchev–Trinajstić information content (AvgIpc) is 2.69. The molecule has 0 unspecified atom stereocenters. The molecule has 1 saturated heterocycles. The summed E-state index contributed by atoms with van der Waals surface area (Å²) in [4.78, 5) is 4.39. The van der Waals surface area contributed by atoms with Crippen molar-refractivity contribution in [2.24, 2.45) is 5.10 Å². The summed E-state index contributed by atoms with van der Waals surface area (Å²) in [5, 5.41) is 4.15. The molecule has 0 radical (unpaired) electrons. The van der Waals surface area contributed by atoms with Gasteiger partial charge in [-0.3, -0.25) is 5.43 Å². The number of aryl methyl sites for hydroxylation is 1. The summed E-state index contributed by atoms with van der Waals surface area (Å²) in [7, 11) is -3.44. The van der Waals surface area contributed by atoms with E-state index < -0.39 is 10.0 Å². The average molecular weight is 372 g/mol. The van der Waals surface area contributed by atoms with Crippen LogP contribution in [0.4, 0.5) is 5.82 Å². The fourth-order valence-electron chi connectivity index (χ4n) is 2.87. The molecule has 7 heteroatoms. The fourth-order valence-corrected chi connectivity index (χ4v) is 4.33. The van der Waals surface area contributed by atoms with E-state index in [0.717, 1.165) is 31.2 Å². The minimum Gasteiger partial charge on any atom is -0.261 e. The third kappa shape index (κ3) is 4.47. The van der Waals surface area contributed by atoms with Crippen molar-refractivity contribution in [2.45, 2.75) is 37.5 Å². The molecular weight excluding hydrogens is 348 g/mol. The number of hydrogen-bond acceptors (Lipinski definition) is 5. The Hall–Kier alpha value is -2.25. The second kappa shape index (κ2) is 8.42. The summed E-state index contributed by atoms with van der Waals surface area (Å²) < 4.78 is 26.7. The number of nitrogens with zero attached hydrogens (tertiary/aromatic N) is 3. The SMILES string of the molecule is CCc1ccc(/C=N/Nc2ccc(S(=O)(=O)N3CCCCC3)cn2)cc1. The van der Waals surface area contributed by atoms with Crippen LogP contribution in [0.5, 0.6) is 0 Å². The molecule has 6 nitrogen and oxygen atoms in total. The summed E-state index contributed by atoms with van der Waals surface area (Å²) in [6.07, 6.45) is 7.02. The molecule has 0 bridgehead atoms. The number of benzene rings is 1. The molecule has 0 spiro atoms. The fraction of sp³-hybridized carbons (Fsp3) is 0.368. The zero-order valence-corrected chi connectivity index (χ0v) is 15.7. The van der Waals surface area contributed by atoms with Crippen LogP contribution >= 0.6 is 0 Å². The lowest BCUT2D eigenvalue weighted by Gasteiger charge is -2.25. The van der Waals surface area contributed by atoms with Crippen LogP contribution in [0, 0.1) is 0 Å². The molecule has 1 aromatic carbocycles. The molecule has 1 N–H and O–H groups in total. The van der Waals surface area contributed by atoms with Crippen LogP contribution in [0.25, 0.3) is 0 Å². The van der Waals surface area contributed by atoms with Crippen molar-refractivity contribution in [3.63, 3.8) is 0 Å². The zero-order chi connectivity index (χ0) is 18.4. The van der Waals surface area contributed by atoms with Gasteiger partial charge in [0, 0.05) is 19.3 Å². The second-order valence-electron chi connectivity index (χ2n) is 6.31. The maximum atomic E-state index is 12.6. The smallest absolute Gasteiger partial charge is 0.244 e. The Kier molecular flexibility index (Phi) is 6.00. The molecule has 26 heavy (non-hydrogen) atoms. The summed E-state index contributed by atoms with van der Waals surface area (Å²) in [5.41, 5.74) is 5.09. The van der Waals surface area contributed by atoms with Crippen molar-refractivity contribution in [1.29, 1.82) is 0 Å². The standard InChI is InChI=1S/C19H24N4O2S/c1-2-16-6-8-17(9-7-16)14-21-22-19-11-10-18(15-20-19)26(24,25)23-12-4-3-5-13-23/h6-11,14-15H,2-5,12-13H2,1H3,(H,20,22)/b21-14+. The van der Waals surface area contributed by atoms with E-state index in [2.05, 4.69) is 34.6 Å². The van der Waals surface area contributed by atoms with Gasteiger partial charge in [-0.05, 0) is 42.5 Å². The minimum atomic E-state index is -3.44. The van der Waals surface area contributed by atoms with E-state index in [9.17, 15) is 8.42 Å². The van der Waals surface area contributed by atoms with Crippen molar-refractivity contribution < 1.29 is 8.42 Å². The molecule has 1 aliphatic rings. The Morgan fingerprint density at radius 1 is 1.12 bits per heavy atom. The van der Waals surface area contributed by atoms with E-state index in [1.165, 1.54) is 11.8 Å². The summed E-state index contributed by atoms with van der Waals surface area (Å²) in [6.45, 7) is 3.29. The van der Waals surface area contributed by atoms with Crippen molar-refractivity contribution >= 4 is 22.1 Å². The first-order valence-electron chi connectivity index (χ1n) is 8.94. The third-order valence-electron chi connectivity index (χ3n) is 4.47. The van der Waals surface area contributed by atoms with Gasteiger partial charge in [-0.2, -0.15) is 9.41 Å². The van der Waals surface area contributed by atoms with Gasteiger partial charge in [0.25, 0.3) is 0 Å². The van der Waals surface area contributed by atoms with Gasteiger partial charge in [-0.25, -0.2) is 13.4 Å². The molecule has 3 rings (SSSR count). The number of anilines is 1. The van der Waals surface area contributed by atoms with Crippen molar-refractivity contribution in [3.05, 3.63) is 53.7 Å². The van der Waals surface area contributed by atoms with Crippen LogP contribution in [0.3, 0.4) is 0 Å². The van der Waals surface area contributed by atoms with E-state index in [0.29, 0.717) is 18.9 Å². The highest BCUT2D eigenvalue weighted by Gasteiger charge is 2.25. The Balaban J connectivity index is 1.62. The first kappa shape index (κ1) is 18.5. The van der Waals surface area contributed by atoms with Crippen molar-refractivity contribution in [3.8, 4) is 0 Å². The third-order valence-corrected chi connectivity index (χ3v) is 6.35. The highest BCUT2D eigenvalue weighted by molar-refractivity contribution is 7.89. The van der Waals surface area contributed by atoms with Crippen LogP contribution in [0.2, 0.25) is 0 Å². The molecule has 0 atom stereocenters. The Labute approximate surface area is 155 Å². The number of rotatable bonds is 6. The first-order valence-corrected chi connectivity index (χ1v) is 10.4. The van der Waals surface area contributed by atoms with Gasteiger partial charge in [-0.15, -0.1) is 0 Å². The predicted molar refractivity (Wildman–Crippen MR) is 104 cm³/mol. The highest BCUT2D eigenvalue weighted by Crippen LogP contribution is 2.20. The van der Waals surface area contributed by atoms with Crippen LogP contribution in [0.15, 0.2) is 52.6 Å². The van der Waals surface area contributed by atoms with Gasteiger partial charge in [0.15, 0.2) is 0 Å². The monoisotopic (exact) mass is 372 g/mol. The summed E-state index contributed by atoms with van der Waals surface area (Å²) in [5.74, 6) is 0.504. The van der Waals surface area contributed by atoms with E-state index in [1.54, 1.807) is 22.7 Å². The Morgan fingerprint density at radius 3 is 2.46 bits per heavy atom. The number of pyridine rings is 1. The van der Waals surface area contributed by atoms with Gasteiger partial charge >= 0.3 is 0 Å². The lowest BCUT2D eigenvalue weighted by molar-refractivity contribution is 0.346. The molecule has 1 aromatic heterocycles. The number of hydrogen-bond donors (Lipinski definition) is 1. The molecule has 1 aliphatic heterocycles. The first-order chi connectivity index (χ1) is 12.6. The second-order valence-corrected chi connectivity index (χ2v) is 8.25. The van der Waals surface area contributed by atoms with E-state index in [4.69, 9.17) is 0 Å².